The molecule has 5 atom stereocenters. The highest BCUT2D eigenvalue weighted by molar-refractivity contribution is 9.10. The first-order valence-electron chi connectivity index (χ1n) is 18.6. The van der Waals surface area contributed by atoms with Crippen molar-refractivity contribution in [2.24, 2.45) is 11.3 Å². The largest absolute Gasteiger partial charge is 0.472 e. The number of pyridine rings is 1. The van der Waals surface area contributed by atoms with Crippen molar-refractivity contribution in [2.75, 3.05) is 6.54 Å². The number of hydrogen-bond donors (Lipinski definition) is 3. The SMILES string of the molecule is C=C[C@@H]1C[C@]1(NC(=O)[C@@H]1C[C@@H](Oc2nc3c4ccccc4oc3c3ccc(Br)cc23)CN1C(=O)[C@@H](NC(=O)OC(C)(C)C)C(C)(C)C)C(=O)NS(=O)(=O)C1CC1. The number of sulfonamides is 1. The maximum atomic E-state index is 14.7. The quantitative estimate of drug-likeness (QED) is 0.163. The van der Waals surface area contributed by atoms with Gasteiger partial charge in [0, 0.05) is 33.0 Å². The third-order valence-corrected chi connectivity index (χ3v) is 12.7. The summed E-state index contributed by atoms with van der Waals surface area (Å²) in [5.41, 5.74) is -1.45. The van der Waals surface area contributed by atoms with Crippen LogP contribution in [-0.2, 0) is 29.1 Å². The fourth-order valence-electron chi connectivity index (χ4n) is 7.26. The summed E-state index contributed by atoms with van der Waals surface area (Å²) in [6, 6.07) is 10.8. The van der Waals surface area contributed by atoms with Crippen LogP contribution in [-0.4, -0.2) is 83.2 Å². The predicted molar refractivity (Wildman–Crippen MR) is 213 cm³/mol. The average molecular weight is 853 g/mol. The molecule has 16 heteroatoms. The number of amides is 4. The van der Waals surface area contributed by atoms with Gasteiger partial charge in [0.15, 0.2) is 5.58 Å². The number of ether oxygens (including phenoxy) is 2. The highest BCUT2D eigenvalue weighted by atomic mass is 79.9. The molecule has 3 fully saturated rings. The van der Waals surface area contributed by atoms with E-state index >= 15 is 0 Å². The van der Waals surface area contributed by atoms with Crippen molar-refractivity contribution in [1.82, 2.24) is 25.2 Å². The van der Waals surface area contributed by atoms with Crippen LogP contribution >= 0.6 is 15.9 Å². The number of nitrogens with one attached hydrogen (secondary N) is 3. The van der Waals surface area contributed by atoms with Crippen LogP contribution in [0.2, 0.25) is 0 Å². The maximum Gasteiger partial charge on any atom is 0.408 e. The van der Waals surface area contributed by atoms with Crippen molar-refractivity contribution in [1.29, 1.82) is 0 Å². The normalized spacial score (nSPS) is 23.1. The van der Waals surface area contributed by atoms with Crippen LogP contribution in [0.25, 0.3) is 32.8 Å². The van der Waals surface area contributed by atoms with Crippen molar-refractivity contribution >= 4 is 82.6 Å². The summed E-state index contributed by atoms with van der Waals surface area (Å²) < 4.78 is 46.8. The minimum absolute atomic E-state index is 0.0148. The summed E-state index contributed by atoms with van der Waals surface area (Å²) in [5, 5.41) is 7.04. The van der Waals surface area contributed by atoms with E-state index in [1.165, 1.54) is 11.0 Å². The molecule has 2 aromatic carbocycles. The van der Waals surface area contributed by atoms with Crippen LogP contribution in [0, 0.1) is 11.3 Å². The molecule has 4 aromatic rings. The van der Waals surface area contributed by atoms with Gasteiger partial charge in [-0.05, 0) is 75.8 Å². The lowest BCUT2D eigenvalue weighted by Crippen LogP contribution is -2.60. The molecule has 2 aromatic heterocycles. The number of likely N-dealkylation sites (tertiary alicyclic amines) is 1. The molecule has 3 aliphatic rings. The van der Waals surface area contributed by atoms with Crippen molar-refractivity contribution in [3.8, 4) is 5.88 Å². The van der Waals surface area contributed by atoms with Crippen molar-refractivity contribution < 1.29 is 41.5 Å². The number of para-hydroxylation sites is 1. The fourth-order valence-corrected chi connectivity index (χ4v) is 8.99. The molecular formula is C40H46BrN5O9S. The first kappa shape index (κ1) is 39.5. The highest BCUT2D eigenvalue weighted by Gasteiger charge is 2.62. The van der Waals surface area contributed by atoms with Crippen molar-refractivity contribution in [3.63, 3.8) is 0 Å². The molecule has 0 radical (unpaired) electrons. The Kier molecular flexibility index (Phi) is 9.91. The molecule has 0 unspecified atom stereocenters. The number of halogens is 1. The van der Waals surface area contributed by atoms with Crippen LogP contribution in [0.3, 0.4) is 0 Å². The van der Waals surface area contributed by atoms with Gasteiger partial charge in [-0.15, -0.1) is 6.58 Å². The van der Waals surface area contributed by atoms with Gasteiger partial charge in [-0.1, -0.05) is 54.9 Å². The number of furan rings is 1. The maximum absolute atomic E-state index is 14.7. The number of rotatable bonds is 10. The molecule has 7 rings (SSSR count). The Bertz CT molecular complexity index is 2400. The van der Waals surface area contributed by atoms with Gasteiger partial charge in [-0.3, -0.25) is 19.1 Å². The Balaban J connectivity index is 1.24. The minimum Gasteiger partial charge on any atom is -0.472 e. The van der Waals surface area contributed by atoms with E-state index in [0.717, 1.165) is 15.2 Å². The topological polar surface area (TPSA) is 186 Å². The monoisotopic (exact) mass is 851 g/mol. The molecule has 14 nitrogen and oxygen atoms in total. The number of aromatic nitrogens is 1. The molecule has 1 aliphatic heterocycles. The zero-order valence-electron chi connectivity index (χ0n) is 32.1. The van der Waals surface area contributed by atoms with Gasteiger partial charge in [-0.2, -0.15) is 0 Å². The van der Waals surface area contributed by atoms with Gasteiger partial charge in [-0.25, -0.2) is 18.2 Å². The third-order valence-electron chi connectivity index (χ3n) is 10.4. The van der Waals surface area contributed by atoms with Gasteiger partial charge in [0.2, 0.25) is 27.7 Å². The van der Waals surface area contributed by atoms with Crippen LogP contribution in [0.5, 0.6) is 5.88 Å². The van der Waals surface area contributed by atoms with Crippen LogP contribution in [0.15, 0.2) is 64.0 Å². The molecule has 3 N–H and O–H groups in total. The number of hydrogen-bond acceptors (Lipinski definition) is 10. The second-order valence-electron chi connectivity index (χ2n) is 17.0. The zero-order chi connectivity index (χ0) is 40.5. The number of carbonyl (C=O) groups is 4. The number of fused-ring (bicyclic) bond motifs is 5. The van der Waals surface area contributed by atoms with E-state index in [9.17, 15) is 27.6 Å². The highest BCUT2D eigenvalue weighted by Crippen LogP contribution is 2.46. The Hall–Kier alpha value is -4.70. The van der Waals surface area contributed by atoms with Crippen LogP contribution < -0.4 is 20.1 Å². The van der Waals surface area contributed by atoms with E-state index in [4.69, 9.17) is 18.9 Å². The first-order chi connectivity index (χ1) is 26.2. The number of nitrogens with zero attached hydrogens (tertiary/aromatic N) is 2. The molecule has 4 amide bonds. The number of carbonyl (C=O) groups excluding carboxylic acids is 4. The molecule has 3 heterocycles. The van der Waals surface area contributed by atoms with Crippen LogP contribution in [0.1, 0.15) is 67.2 Å². The van der Waals surface area contributed by atoms with Crippen molar-refractivity contribution in [3.05, 3.63) is 59.6 Å². The van der Waals surface area contributed by atoms with E-state index in [1.807, 2.05) is 42.5 Å². The Morgan fingerprint density at radius 3 is 2.41 bits per heavy atom. The van der Waals surface area contributed by atoms with E-state index < -0.39 is 79.7 Å². The Morgan fingerprint density at radius 2 is 1.77 bits per heavy atom. The molecule has 56 heavy (non-hydrogen) atoms. The number of alkyl carbamates (subject to hydrolysis) is 1. The third kappa shape index (κ3) is 7.69. The Labute approximate surface area is 333 Å². The second-order valence-corrected chi connectivity index (χ2v) is 19.9. The Morgan fingerprint density at radius 1 is 1.05 bits per heavy atom. The first-order valence-corrected chi connectivity index (χ1v) is 20.9. The summed E-state index contributed by atoms with van der Waals surface area (Å²) in [6.07, 6.45) is 0.923. The average Bonchev–Trinajstić information content (AvgIpc) is 4.01. The molecular weight excluding hydrogens is 806 g/mol. The summed E-state index contributed by atoms with van der Waals surface area (Å²) >= 11 is 3.55. The van der Waals surface area contributed by atoms with Gasteiger partial charge >= 0.3 is 6.09 Å². The lowest BCUT2D eigenvalue weighted by atomic mass is 9.85. The summed E-state index contributed by atoms with van der Waals surface area (Å²) in [7, 11) is -3.92. The standard InChI is InChI=1S/C40H46BrN5O9S/c1-8-21-19-40(21,36(49)45-56(51,52)24-14-15-24)44-33(47)28-18-23(20-46(28)35(48)32(38(2,3)4)43-37(50)55-39(5,6)7)53-34-27-17-22(41)13-16-25(27)31-30(42-34)26-11-9-10-12-29(26)54-31/h8-13,16-17,21,23-24,28,32H,1,14-15,18-20H2,2-7H3,(H,43,50)(H,44,47)(H,45,49)/t21-,23-,28+,32-,40-/m1/s1. The fraction of sp³-hybridized carbons (Fsp3) is 0.475. The summed E-state index contributed by atoms with van der Waals surface area (Å²) in [5.74, 6) is -2.40. The van der Waals surface area contributed by atoms with Crippen molar-refractivity contribution in [2.45, 2.75) is 102 Å². The number of benzene rings is 2. The summed E-state index contributed by atoms with van der Waals surface area (Å²) in [4.78, 5) is 62.0. The van der Waals surface area contributed by atoms with Crippen LogP contribution in [0.4, 0.5) is 4.79 Å². The summed E-state index contributed by atoms with van der Waals surface area (Å²) in [6.45, 7) is 14.2. The molecule has 2 saturated carbocycles. The minimum atomic E-state index is -3.92. The van der Waals surface area contributed by atoms with Gasteiger partial charge in [0.05, 0.1) is 11.8 Å². The van der Waals surface area contributed by atoms with E-state index in [2.05, 4.69) is 37.9 Å². The molecule has 1 saturated heterocycles. The lowest BCUT2D eigenvalue weighted by Gasteiger charge is -2.36. The predicted octanol–water partition coefficient (Wildman–Crippen LogP) is 5.85. The van der Waals surface area contributed by atoms with E-state index in [0.29, 0.717) is 34.9 Å². The molecule has 298 valence electrons. The molecule has 2 aliphatic carbocycles. The second kappa shape index (κ2) is 14.0. The lowest BCUT2D eigenvalue weighted by molar-refractivity contribution is -0.143. The van der Waals surface area contributed by atoms with Gasteiger partial charge < -0.3 is 29.4 Å². The molecule has 0 bridgehead atoms. The van der Waals surface area contributed by atoms with Gasteiger partial charge in [0.25, 0.3) is 5.91 Å². The molecule has 0 spiro atoms. The zero-order valence-corrected chi connectivity index (χ0v) is 34.5. The van der Waals surface area contributed by atoms with E-state index in [1.54, 1.807) is 41.5 Å². The van der Waals surface area contributed by atoms with E-state index in [-0.39, 0.29) is 25.3 Å². The van der Waals surface area contributed by atoms with Gasteiger partial charge in [0.1, 0.15) is 40.4 Å². The smallest absolute Gasteiger partial charge is 0.408 e.